The fourth-order valence-corrected chi connectivity index (χ4v) is 2.76. The molecular weight excluding hydrogens is 375 g/mol. The molecule has 2 aromatic rings. The highest BCUT2D eigenvalue weighted by molar-refractivity contribution is 6.45. The van der Waals surface area contributed by atoms with Gasteiger partial charge in [-0.05, 0) is 38.0 Å². The van der Waals surface area contributed by atoms with Crippen LogP contribution in [0.15, 0.2) is 55.8 Å². The first-order valence-electron chi connectivity index (χ1n) is 9.15. The van der Waals surface area contributed by atoms with Crippen molar-refractivity contribution in [2.45, 2.75) is 25.8 Å². The molecule has 1 saturated carbocycles. The van der Waals surface area contributed by atoms with E-state index in [1.807, 2.05) is 13.0 Å². The third-order valence-electron chi connectivity index (χ3n) is 4.33. The smallest absolute Gasteiger partial charge is 0.326 e. The zero-order valence-electron chi connectivity index (χ0n) is 15.6. The van der Waals surface area contributed by atoms with Gasteiger partial charge in [-0.25, -0.2) is 19.2 Å². The first-order valence-corrected chi connectivity index (χ1v) is 9.15. The number of nitrogens with zero attached hydrogens (tertiary/aromatic N) is 3. The molecule has 0 radical (unpaired) electrons. The van der Waals surface area contributed by atoms with E-state index in [1.165, 1.54) is 24.4 Å². The van der Waals surface area contributed by atoms with E-state index in [2.05, 4.69) is 30.3 Å². The van der Waals surface area contributed by atoms with E-state index in [-0.39, 0.29) is 23.4 Å². The lowest BCUT2D eigenvalue weighted by atomic mass is 10.1. The molecule has 9 heteroatoms. The first-order chi connectivity index (χ1) is 14.0. The van der Waals surface area contributed by atoms with Crippen LogP contribution in [0, 0.1) is 5.82 Å². The molecule has 0 saturated heterocycles. The molecule has 1 aromatic heterocycles. The van der Waals surface area contributed by atoms with Gasteiger partial charge in [-0.3, -0.25) is 9.98 Å². The summed E-state index contributed by atoms with van der Waals surface area (Å²) in [6.07, 6.45) is 6.84. The molecule has 0 bridgehead atoms. The maximum Gasteiger partial charge on any atom is 0.326 e. The van der Waals surface area contributed by atoms with Gasteiger partial charge in [0.1, 0.15) is 11.5 Å². The summed E-state index contributed by atoms with van der Waals surface area (Å²) in [5.74, 6) is 0.255. The van der Waals surface area contributed by atoms with Crippen LogP contribution in [0.4, 0.5) is 4.39 Å². The lowest BCUT2D eigenvalue weighted by Gasteiger charge is -2.12. The third-order valence-corrected chi connectivity index (χ3v) is 4.33. The number of allylic oxidation sites excluding steroid dienone is 2. The van der Waals surface area contributed by atoms with Gasteiger partial charge in [0.2, 0.25) is 5.88 Å². The number of aliphatic imine (C=N–C) groups is 3. The van der Waals surface area contributed by atoms with Gasteiger partial charge in [-0.15, -0.1) is 0 Å². The second kappa shape index (κ2) is 7.70. The fourth-order valence-electron chi connectivity index (χ4n) is 2.76. The predicted molar refractivity (Wildman–Crippen MR) is 111 cm³/mol. The second-order valence-electron chi connectivity index (χ2n) is 6.65. The summed E-state index contributed by atoms with van der Waals surface area (Å²) in [4.78, 5) is 29.4. The maximum atomic E-state index is 13.6. The lowest BCUT2D eigenvalue weighted by Crippen LogP contribution is -2.29. The number of rotatable bonds is 5. The Labute approximate surface area is 165 Å². The molecule has 0 spiro atoms. The van der Waals surface area contributed by atoms with Crippen LogP contribution in [-0.4, -0.2) is 39.0 Å². The molecule has 4 N–H and O–H groups in total. The zero-order valence-corrected chi connectivity index (χ0v) is 15.6. The Hall–Kier alpha value is -3.75. The van der Waals surface area contributed by atoms with E-state index in [4.69, 9.17) is 0 Å². The van der Waals surface area contributed by atoms with Crippen molar-refractivity contribution in [1.29, 1.82) is 0 Å². The minimum atomic E-state index is -0.515. The predicted octanol–water partition coefficient (Wildman–Crippen LogP) is 2.58. The van der Waals surface area contributed by atoms with Gasteiger partial charge < -0.3 is 15.4 Å². The van der Waals surface area contributed by atoms with Crippen LogP contribution in [-0.2, 0) is 0 Å². The van der Waals surface area contributed by atoms with Crippen LogP contribution in [0.2, 0.25) is 0 Å². The van der Waals surface area contributed by atoms with E-state index in [9.17, 15) is 14.3 Å². The number of hydrogen-bond acceptors (Lipinski definition) is 5. The van der Waals surface area contributed by atoms with E-state index < -0.39 is 5.69 Å². The molecular formula is C20H19FN6O2. The number of imidazole rings is 1. The molecule has 2 heterocycles. The van der Waals surface area contributed by atoms with Crippen LogP contribution < -0.4 is 11.0 Å². The number of aromatic nitrogens is 2. The average Bonchev–Trinajstić information content (AvgIpc) is 3.29. The maximum absolute atomic E-state index is 13.6. The SMILES string of the molecule is C/C=C(\NC(=NC1CC1)C1=NC(=Cc2[nH]c(=O)[nH]c2O)C=N1)c1cccc(F)c1. The molecule has 1 aromatic carbocycles. The van der Waals surface area contributed by atoms with Crippen molar-refractivity contribution in [1.82, 2.24) is 15.3 Å². The summed E-state index contributed by atoms with van der Waals surface area (Å²) in [5, 5.41) is 12.9. The van der Waals surface area contributed by atoms with E-state index in [0.29, 0.717) is 28.6 Å². The summed E-state index contributed by atoms with van der Waals surface area (Å²) < 4.78 is 13.6. The number of hydrogen-bond donors (Lipinski definition) is 4. The van der Waals surface area contributed by atoms with Crippen LogP contribution in [0.5, 0.6) is 5.88 Å². The van der Waals surface area contributed by atoms with Crippen LogP contribution >= 0.6 is 0 Å². The number of H-pyrrole nitrogens is 2. The van der Waals surface area contributed by atoms with Crippen molar-refractivity contribution in [3.05, 3.63) is 63.6 Å². The summed E-state index contributed by atoms with van der Waals surface area (Å²) in [6, 6.07) is 6.48. The number of amidine groups is 2. The monoisotopic (exact) mass is 394 g/mol. The van der Waals surface area contributed by atoms with Gasteiger partial charge in [0.25, 0.3) is 0 Å². The number of aromatic amines is 2. The van der Waals surface area contributed by atoms with E-state index >= 15 is 0 Å². The van der Waals surface area contributed by atoms with Crippen molar-refractivity contribution in [2.24, 2.45) is 15.0 Å². The van der Waals surface area contributed by atoms with Crippen molar-refractivity contribution in [3.8, 4) is 5.88 Å². The number of nitrogens with one attached hydrogen (secondary N) is 3. The minimum absolute atomic E-state index is 0.208. The number of halogens is 1. The summed E-state index contributed by atoms with van der Waals surface area (Å²) in [7, 11) is 0. The average molecular weight is 394 g/mol. The highest BCUT2D eigenvalue weighted by Gasteiger charge is 2.24. The fraction of sp³-hybridized carbons (Fsp3) is 0.200. The normalized spacial score (nSPS) is 18.4. The zero-order chi connectivity index (χ0) is 20.4. The number of aromatic hydroxyl groups is 1. The highest BCUT2D eigenvalue weighted by Crippen LogP contribution is 2.25. The molecule has 8 nitrogen and oxygen atoms in total. The summed E-state index contributed by atoms with van der Waals surface area (Å²) in [6.45, 7) is 1.85. The molecule has 1 fully saturated rings. The quantitative estimate of drug-likeness (QED) is 0.461. The Morgan fingerprint density at radius 2 is 2.21 bits per heavy atom. The summed E-state index contributed by atoms with van der Waals surface area (Å²) in [5.41, 5.74) is 1.52. The van der Waals surface area contributed by atoms with Gasteiger partial charge in [-0.1, -0.05) is 18.2 Å². The largest absolute Gasteiger partial charge is 0.493 e. The first kappa shape index (κ1) is 18.6. The number of benzene rings is 1. The van der Waals surface area contributed by atoms with Gasteiger partial charge in [0.05, 0.1) is 18.0 Å². The van der Waals surface area contributed by atoms with Crippen LogP contribution in [0.25, 0.3) is 11.8 Å². The van der Waals surface area contributed by atoms with E-state index in [0.717, 1.165) is 12.8 Å². The standard InChI is InChI=1S/C20H19FN6O2/c1-2-15(11-4-3-5-12(21)8-11)25-18(23-13-6-7-13)17-22-10-14(24-17)9-16-19(28)27-20(29)26-16/h2-5,8-10,13,28H,6-7H2,1H3,(H,23,25)(H2,26,27,29)/b14-9?,15-2-. The van der Waals surface area contributed by atoms with Gasteiger partial charge in [0.15, 0.2) is 11.7 Å². The third kappa shape index (κ3) is 4.40. The van der Waals surface area contributed by atoms with Gasteiger partial charge in [-0.2, -0.15) is 0 Å². The molecule has 4 rings (SSSR count). The van der Waals surface area contributed by atoms with Crippen LogP contribution in [0.1, 0.15) is 31.0 Å². The Balaban J connectivity index is 1.62. The molecule has 148 valence electrons. The molecule has 1 aliphatic carbocycles. The molecule has 1 aliphatic heterocycles. The van der Waals surface area contributed by atoms with E-state index in [1.54, 1.807) is 12.1 Å². The Morgan fingerprint density at radius 3 is 2.86 bits per heavy atom. The minimum Gasteiger partial charge on any atom is -0.493 e. The van der Waals surface area contributed by atoms with Crippen LogP contribution in [0.3, 0.4) is 0 Å². The topological polar surface area (TPSA) is 118 Å². The van der Waals surface area contributed by atoms with Crippen molar-refractivity contribution >= 4 is 29.7 Å². The second-order valence-corrected chi connectivity index (χ2v) is 6.65. The van der Waals surface area contributed by atoms with Gasteiger partial charge >= 0.3 is 5.69 Å². The lowest BCUT2D eigenvalue weighted by molar-refractivity contribution is 0.454. The molecule has 2 aliphatic rings. The Kier molecular flexibility index (Phi) is 4.94. The van der Waals surface area contributed by atoms with Crippen molar-refractivity contribution in [2.75, 3.05) is 0 Å². The Morgan fingerprint density at radius 1 is 1.38 bits per heavy atom. The molecule has 29 heavy (non-hydrogen) atoms. The van der Waals surface area contributed by atoms with Gasteiger partial charge in [0, 0.05) is 11.3 Å². The highest BCUT2D eigenvalue weighted by atomic mass is 19.1. The molecule has 0 unspecified atom stereocenters. The van der Waals surface area contributed by atoms with Crippen molar-refractivity contribution < 1.29 is 9.50 Å². The Bertz CT molecular complexity index is 1150. The summed E-state index contributed by atoms with van der Waals surface area (Å²) >= 11 is 0. The van der Waals surface area contributed by atoms with Crippen molar-refractivity contribution in [3.63, 3.8) is 0 Å². The molecule has 0 atom stereocenters. The molecule has 0 amide bonds.